The molecule has 0 bridgehead atoms. The number of rotatable bonds is 16. The summed E-state index contributed by atoms with van der Waals surface area (Å²) in [6.45, 7) is 11.7. The zero-order valence-corrected chi connectivity index (χ0v) is 21.5. The Kier molecular flexibility index (Phi) is 11.8. The molecule has 182 valence electrons. The molecule has 0 fully saturated rings. The van der Waals surface area contributed by atoms with E-state index >= 15 is 0 Å². The fraction of sp³-hybridized carbons (Fsp3) is 0.500. The van der Waals surface area contributed by atoms with Gasteiger partial charge in [0.05, 0.1) is 18.3 Å². The fourth-order valence-electron chi connectivity index (χ4n) is 3.60. The van der Waals surface area contributed by atoms with Crippen LogP contribution in [0, 0.1) is 0 Å². The predicted molar refractivity (Wildman–Crippen MR) is 132 cm³/mol. The van der Waals surface area contributed by atoms with Crippen LogP contribution in [0.3, 0.4) is 0 Å². The number of benzene rings is 2. The lowest BCUT2D eigenvalue weighted by Gasteiger charge is -2.28. The van der Waals surface area contributed by atoms with Crippen molar-refractivity contribution < 1.29 is 27.5 Å². The lowest BCUT2D eigenvalue weighted by molar-refractivity contribution is 0.0112. The molecule has 0 amide bonds. The molecule has 0 aliphatic rings. The lowest BCUT2D eigenvalue weighted by atomic mass is 9.99. The van der Waals surface area contributed by atoms with Crippen LogP contribution < -0.4 is 4.74 Å². The lowest BCUT2D eigenvalue weighted by Crippen LogP contribution is -2.46. The van der Waals surface area contributed by atoms with Crippen LogP contribution in [0.2, 0.25) is 6.04 Å². The van der Waals surface area contributed by atoms with Gasteiger partial charge in [0.1, 0.15) is 11.9 Å². The van der Waals surface area contributed by atoms with E-state index in [1.807, 2.05) is 83.1 Å². The Morgan fingerprint density at radius 1 is 0.848 bits per heavy atom. The summed E-state index contributed by atoms with van der Waals surface area (Å²) >= 11 is 0. The minimum absolute atomic E-state index is 0.0963. The zero-order chi connectivity index (χ0) is 24.1. The van der Waals surface area contributed by atoms with Crippen molar-refractivity contribution in [1.29, 1.82) is 0 Å². The monoisotopic (exact) mass is 474 g/mol. The van der Waals surface area contributed by atoms with Gasteiger partial charge in [0.15, 0.2) is 5.78 Å². The van der Waals surface area contributed by atoms with E-state index in [0.717, 1.165) is 5.56 Å². The summed E-state index contributed by atoms with van der Waals surface area (Å²) in [5.41, 5.74) is 1.34. The molecule has 0 aromatic heterocycles. The van der Waals surface area contributed by atoms with Gasteiger partial charge in [-0.1, -0.05) is 42.5 Å². The summed E-state index contributed by atoms with van der Waals surface area (Å²) in [6.07, 6.45) is -0.0924. The van der Waals surface area contributed by atoms with Crippen molar-refractivity contribution >= 4 is 14.6 Å². The molecule has 6 nitrogen and oxygen atoms in total. The van der Waals surface area contributed by atoms with Crippen LogP contribution in [0.15, 0.2) is 54.6 Å². The van der Waals surface area contributed by atoms with Gasteiger partial charge >= 0.3 is 8.80 Å². The maximum Gasteiger partial charge on any atom is 0.501 e. The molecule has 0 radical (unpaired) electrons. The summed E-state index contributed by atoms with van der Waals surface area (Å²) in [5.74, 6) is 0.430. The van der Waals surface area contributed by atoms with Crippen LogP contribution in [0.1, 0.15) is 63.1 Å². The van der Waals surface area contributed by atoms with Gasteiger partial charge in [-0.3, -0.25) is 4.79 Å². The number of carbonyl (C=O) groups is 1. The zero-order valence-electron chi connectivity index (χ0n) is 20.5. The molecule has 0 saturated carbocycles. The van der Waals surface area contributed by atoms with E-state index in [1.165, 1.54) is 0 Å². The number of ether oxygens (including phenoxy) is 2. The minimum atomic E-state index is -2.72. The third kappa shape index (κ3) is 8.35. The molecule has 2 aromatic carbocycles. The van der Waals surface area contributed by atoms with Crippen molar-refractivity contribution in [3.63, 3.8) is 0 Å². The second-order valence-corrected chi connectivity index (χ2v) is 10.5. The van der Waals surface area contributed by atoms with Crippen LogP contribution in [0.5, 0.6) is 5.75 Å². The first-order chi connectivity index (χ1) is 16.0. The van der Waals surface area contributed by atoms with Gasteiger partial charge in [0.25, 0.3) is 0 Å². The normalized spacial score (nSPS) is 12.7. The number of hydrogen-bond acceptors (Lipinski definition) is 6. The molecular weight excluding hydrogens is 436 g/mol. The average Bonchev–Trinajstić information content (AvgIpc) is 2.81. The van der Waals surface area contributed by atoms with Crippen LogP contribution in [-0.2, 0) is 18.0 Å². The molecule has 0 spiro atoms. The van der Waals surface area contributed by atoms with E-state index in [-0.39, 0.29) is 11.9 Å². The molecule has 0 aliphatic carbocycles. The molecule has 0 heterocycles. The molecular formula is C26H38O6Si. The Hall–Kier alpha value is -2.03. The first-order valence-corrected chi connectivity index (χ1v) is 13.8. The molecule has 0 aliphatic heterocycles. The molecule has 2 rings (SSSR count). The largest absolute Gasteiger partial charge is 0.501 e. The first kappa shape index (κ1) is 27.2. The topological polar surface area (TPSA) is 63.2 Å². The van der Waals surface area contributed by atoms with Crippen LogP contribution in [-0.4, -0.2) is 47.1 Å². The highest BCUT2D eigenvalue weighted by atomic mass is 28.4. The molecule has 1 unspecified atom stereocenters. The highest BCUT2D eigenvalue weighted by Gasteiger charge is 2.39. The highest BCUT2D eigenvalue weighted by Crippen LogP contribution is 2.29. The van der Waals surface area contributed by atoms with Crippen LogP contribution in [0.4, 0.5) is 0 Å². The summed E-state index contributed by atoms with van der Waals surface area (Å²) < 4.78 is 29.8. The summed E-state index contributed by atoms with van der Waals surface area (Å²) in [5, 5.41) is 0. The van der Waals surface area contributed by atoms with E-state index in [4.69, 9.17) is 22.8 Å². The van der Waals surface area contributed by atoms with Gasteiger partial charge in [-0.05, 0) is 58.7 Å². The van der Waals surface area contributed by atoms with Gasteiger partial charge in [-0.15, -0.1) is 0 Å². The SMILES string of the molecule is CCO[Si](CCCOc1ccccc1C(=O)C(OC(C)C)c1ccccc1)(OCC)OCC. The van der Waals surface area contributed by atoms with E-state index in [1.54, 1.807) is 6.07 Å². The summed E-state index contributed by atoms with van der Waals surface area (Å²) in [6, 6.07) is 17.5. The average molecular weight is 475 g/mol. The van der Waals surface area contributed by atoms with Crippen LogP contribution in [0.25, 0.3) is 0 Å². The second-order valence-electron chi connectivity index (χ2n) is 7.77. The van der Waals surface area contributed by atoms with E-state index in [2.05, 4.69) is 0 Å². The maximum absolute atomic E-state index is 13.5. The van der Waals surface area contributed by atoms with Crippen molar-refractivity contribution in [2.75, 3.05) is 26.4 Å². The van der Waals surface area contributed by atoms with Crippen molar-refractivity contribution in [3.05, 3.63) is 65.7 Å². The van der Waals surface area contributed by atoms with Gasteiger partial charge in [-0.2, -0.15) is 0 Å². The smallest absolute Gasteiger partial charge is 0.493 e. The highest BCUT2D eigenvalue weighted by molar-refractivity contribution is 6.60. The predicted octanol–water partition coefficient (Wildman–Crippen LogP) is 5.85. The van der Waals surface area contributed by atoms with Crippen molar-refractivity contribution in [3.8, 4) is 5.75 Å². The van der Waals surface area contributed by atoms with Crippen LogP contribution >= 0.6 is 0 Å². The van der Waals surface area contributed by atoms with Crippen molar-refractivity contribution in [2.45, 2.75) is 59.3 Å². The van der Waals surface area contributed by atoms with Crippen molar-refractivity contribution in [2.24, 2.45) is 0 Å². The van der Waals surface area contributed by atoms with E-state index < -0.39 is 14.9 Å². The second kappa shape index (κ2) is 14.3. The van der Waals surface area contributed by atoms with Gasteiger partial charge in [0, 0.05) is 25.9 Å². The number of para-hydroxylation sites is 1. The molecule has 33 heavy (non-hydrogen) atoms. The molecule has 0 saturated heterocycles. The van der Waals surface area contributed by atoms with Gasteiger partial charge in [-0.25, -0.2) is 0 Å². The number of ketones is 1. The molecule has 0 N–H and O–H groups in total. The minimum Gasteiger partial charge on any atom is -0.493 e. The van der Waals surface area contributed by atoms with Gasteiger partial charge in [0.2, 0.25) is 0 Å². The molecule has 7 heteroatoms. The Morgan fingerprint density at radius 2 is 1.42 bits per heavy atom. The number of hydrogen-bond donors (Lipinski definition) is 0. The Labute approximate surface area is 199 Å². The van der Waals surface area contributed by atoms with Gasteiger partial charge < -0.3 is 22.8 Å². The summed E-state index contributed by atoms with van der Waals surface area (Å²) in [7, 11) is -2.72. The summed E-state index contributed by atoms with van der Waals surface area (Å²) in [4.78, 5) is 13.5. The van der Waals surface area contributed by atoms with Crippen molar-refractivity contribution in [1.82, 2.24) is 0 Å². The molecule has 1 atom stereocenters. The Balaban J connectivity index is 2.12. The third-order valence-corrected chi connectivity index (χ3v) is 8.03. The first-order valence-electron chi connectivity index (χ1n) is 11.8. The quantitative estimate of drug-likeness (QED) is 0.173. The number of Topliss-reactive ketones (excluding diaryl/α,β-unsaturated/α-hetero) is 1. The third-order valence-electron chi connectivity index (χ3n) is 4.88. The molecule has 2 aromatic rings. The Bertz CT molecular complexity index is 810. The van der Waals surface area contributed by atoms with E-state index in [0.29, 0.717) is 50.2 Å². The Morgan fingerprint density at radius 3 is 2.00 bits per heavy atom. The fourth-order valence-corrected chi connectivity index (χ4v) is 6.18. The van der Waals surface area contributed by atoms with E-state index in [9.17, 15) is 4.79 Å². The standard InChI is InChI=1S/C26H38O6Si/c1-6-29-33(30-7-2,31-8-3)20-14-19-28-24-18-13-12-17-23(24)25(27)26(32-21(4)5)22-15-10-9-11-16-22/h9-13,15-18,21,26H,6-8,14,19-20H2,1-5H3. The maximum atomic E-state index is 13.5. The number of carbonyl (C=O) groups excluding carboxylic acids is 1.